The van der Waals surface area contributed by atoms with Gasteiger partial charge in [-0.15, -0.1) is 0 Å². The van der Waals surface area contributed by atoms with Gasteiger partial charge in [0.2, 0.25) is 0 Å². The highest BCUT2D eigenvalue weighted by Gasteiger charge is 2.12. The summed E-state index contributed by atoms with van der Waals surface area (Å²) in [5.74, 6) is 0.180. The Hall–Kier alpha value is -0.330. The second-order valence-corrected chi connectivity index (χ2v) is 3.81. The molecule has 72 valence electrons. The van der Waals surface area contributed by atoms with Crippen LogP contribution in [0.25, 0.3) is 0 Å². The van der Waals surface area contributed by atoms with Crippen molar-refractivity contribution in [3.8, 4) is 0 Å². The van der Waals surface area contributed by atoms with E-state index >= 15 is 0 Å². The highest BCUT2D eigenvalue weighted by Crippen LogP contribution is 2.17. The quantitative estimate of drug-likeness (QED) is 0.547. The van der Waals surface area contributed by atoms with Crippen molar-refractivity contribution >= 4 is 0 Å². The molecular formula is C11H21F. The standard InChI is InChI=1S/C11H21F/c1-5-6-7-10(4)11(12)8-9(2)3/h8,10-11H,5-7H2,1-4H3. The van der Waals surface area contributed by atoms with Crippen molar-refractivity contribution in [2.75, 3.05) is 0 Å². The van der Waals surface area contributed by atoms with Crippen molar-refractivity contribution in [3.05, 3.63) is 11.6 Å². The fourth-order valence-corrected chi connectivity index (χ4v) is 1.17. The highest BCUT2D eigenvalue weighted by molar-refractivity contribution is 4.99. The molecule has 0 rings (SSSR count). The third-order valence-electron chi connectivity index (χ3n) is 2.05. The Morgan fingerprint density at radius 3 is 2.42 bits per heavy atom. The molecule has 2 atom stereocenters. The van der Waals surface area contributed by atoms with E-state index in [9.17, 15) is 4.39 Å². The van der Waals surface area contributed by atoms with Crippen molar-refractivity contribution in [2.45, 2.75) is 53.1 Å². The lowest BCUT2D eigenvalue weighted by molar-refractivity contribution is 0.279. The molecule has 0 saturated carbocycles. The second-order valence-electron chi connectivity index (χ2n) is 3.81. The van der Waals surface area contributed by atoms with Gasteiger partial charge in [0.05, 0.1) is 0 Å². The van der Waals surface area contributed by atoms with Gasteiger partial charge in [0.15, 0.2) is 0 Å². The molecule has 0 aromatic heterocycles. The lowest BCUT2D eigenvalue weighted by Gasteiger charge is -2.13. The van der Waals surface area contributed by atoms with Crippen LogP contribution in [-0.2, 0) is 0 Å². The summed E-state index contributed by atoms with van der Waals surface area (Å²) >= 11 is 0. The van der Waals surface area contributed by atoms with Crippen LogP contribution < -0.4 is 0 Å². The summed E-state index contributed by atoms with van der Waals surface area (Å²) in [5.41, 5.74) is 1.07. The molecule has 0 aliphatic heterocycles. The lowest BCUT2D eigenvalue weighted by Crippen LogP contribution is -2.09. The zero-order valence-corrected chi connectivity index (χ0v) is 8.73. The van der Waals surface area contributed by atoms with Crippen LogP contribution in [0.3, 0.4) is 0 Å². The molecule has 0 N–H and O–H groups in total. The average Bonchev–Trinajstić information content (AvgIpc) is 1.98. The minimum atomic E-state index is -0.749. The van der Waals surface area contributed by atoms with Crippen molar-refractivity contribution in [1.82, 2.24) is 0 Å². The molecule has 0 radical (unpaired) electrons. The van der Waals surface area contributed by atoms with Crippen LogP contribution in [-0.4, -0.2) is 6.17 Å². The first-order valence-electron chi connectivity index (χ1n) is 4.87. The third-order valence-corrected chi connectivity index (χ3v) is 2.05. The molecule has 0 spiro atoms. The predicted molar refractivity (Wildman–Crippen MR) is 53.0 cm³/mol. The van der Waals surface area contributed by atoms with Gasteiger partial charge in [-0.3, -0.25) is 0 Å². The summed E-state index contributed by atoms with van der Waals surface area (Å²) in [6.45, 7) is 8.01. The summed E-state index contributed by atoms with van der Waals surface area (Å²) in [5, 5.41) is 0. The van der Waals surface area contributed by atoms with Gasteiger partial charge < -0.3 is 0 Å². The molecule has 0 bridgehead atoms. The first-order valence-corrected chi connectivity index (χ1v) is 4.87. The zero-order chi connectivity index (χ0) is 9.56. The summed E-state index contributed by atoms with van der Waals surface area (Å²) in [7, 11) is 0. The van der Waals surface area contributed by atoms with Gasteiger partial charge in [0.25, 0.3) is 0 Å². The third kappa shape index (κ3) is 5.34. The molecule has 0 aromatic carbocycles. The van der Waals surface area contributed by atoms with Crippen LogP contribution in [0.1, 0.15) is 47.0 Å². The zero-order valence-electron chi connectivity index (χ0n) is 8.73. The van der Waals surface area contributed by atoms with E-state index in [0.717, 1.165) is 24.8 Å². The van der Waals surface area contributed by atoms with Crippen molar-refractivity contribution < 1.29 is 4.39 Å². The van der Waals surface area contributed by atoms with Gasteiger partial charge in [-0.1, -0.05) is 38.3 Å². The minimum absolute atomic E-state index is 0.180. The van der Waals surface area contributed by atoms with Crippen LogP contribution in [0.15, 0.2) is 11.6 Å². The largest absolute Gasteiger partial charge is 0.243 e. The Balaban J connectivity index is 3.76. The maximum Gasteiger partial charge on any atom is 0.121 e. The minimum Gasteiger partial charge on any atom is -0.243 e. The summed E-state index contributed by atoms with van der Waals surface area (Å²) in [4.78, 5) is 0. The van der Waals surface area contributed by atoms with Crippen molar-refractivity contribution in [2.24, 2.45) is 5.92 Å². The Morgan fingerprint density at radius 1 is 1.42 bits per heavy atom. The first-order chi connectivity index (χ1) is 5.57. The van der Waals surface area contributed by atoms with E-state index in [1.54, 1.807) is 6.08 Å². The monoisotopic (exact) mass is 172 g/mol. The van der Waals surface area contributed by atoms with Crippen LogP contribution in [0, 0.1) is 5.92 Å². The Labute approximate surface area is 75.9 Å². The molecule has 0 heterocycles. The van der Waals surface area contributed by atoms with Gasteiger partial charge in [0, 0.05) is 0 Å². The molecule has 0 fully saturated rings. The van der Waals surface area contributed by atoms with E-state index in [1.165, 1.54) is 0 Å². The number of hydrogen-bond acceptors (Lipinski definition) is 0. The van der Waals surface area contributed by atoms with Gasteiger partial charge in [-0.05, 0) is 26.2 Å². The summed E-state index contributed by atoms with van der Waals surface area (Å²) in [6.07, 6.45) is 4.27. The topological polar surface area (TPSA) is 0 Å². The van der Waals surface area contributed by atoms with Gasteiger partial charge in [-0.2, -0.15) is 0 Å². The molecule has 1 heteroatoms. The van der Waals surface area contributed by atoms with E-state index in [1.807, 2.05) is 20.8 Å². The van der Waals surface area contributed by atoms with Gasteiger partial charge in [-0.25, -0.2) is 4.39 Å². The normalized spacial score (nSPS) is 15.4. The highest BCUT2D eigenvalue weighted by atomic mass is 19.1. The maximum atomic E-state index is 13.3. The van der Waals surface area contributed by atoms with E-state index in [4.69, 9.17) is 0 Å². The van der Waals surface area contributed by atoms with Crippen molar-refractivity contribution in [3.63, 3.8) is 0 Å². The maximum absolute atomic E-state index is 13.3. The lowest BCUT2D eigenvalue weighted by atomic mass is 9.98. The van der Waals surface area contributed by atoms with Crippen LogP contribution in [0.2, 0.25) is 0 Å². The van der Waals surface area contributed by atoms with E-state index < -0.39 is 6.17 Å². The molecule has 12 heavy (non-hydrogen) atoms. The number of hydrogen-bond donors (Lipinski definition) is 0. The first kappa shape index (κ1) is 11.7. The van der Waals surface area contributed by atoms with Crippen LogP contribution >= 0.6 is 0 Å². The summed E-state index contributed by atoms with van der Waals surface area (Å²) < 4.78 is 13.3. The Kier molecular flexibility index (Phi) is 6.04. The molecular weight excluding hydrogens is 151 g/mol. The second kappa shape index (κ2) is 6.22. The molecule has 0 aliphatic rings. The van der Waals surface area contributed by atoms with Crippen LogP contribution in [0.4, 0.5) is 4.39 Å². The number of unbranched alkanes of at least 4 members (excludes halogenated alkanes) is 1. The molecule has 0 amide bonds. The fourth-order valence-electron chi connectivity index (χ4n) is 1.17. The van der Waals surface area contributed by atoms with Gasteiger partial charge >= 0.3 is 0 Å². The van der Waals surface area contributed by atoms with Gasteiger partial charge in [0.1, 0.15) is 6.17 Å². The Bertz CT molecular complexity index is 134. The average molecular weight is 172 g/mol. The Morgan fingerprint density at radius 2 is 2.00 bits per heavy atom. The molecule has 0 aromatic rings. The molecule has 2 unspecified atom stereocenters. The number of allylic oxidation sites excluding steroid dienone is 2. The smallest absolute Gasteiger partial charge is 0.121 e. The number of rotatable bonds is 5. The van der Waals surface area contributed by atoms with E-state index in [2.05, 4.69) is 6.92 Å². The predicted octanol–water partition coefficient (Wildman–Crippen LogP) is 4.12. The molecule has 0 aliphatic carbocycles. The number of halogens is 1. The van der Waals surface area contributed by atoms with Crippen LogP contribution in [0.5, 0.6) is 0 Å². The summed E-state index contributed by atoms with van der Waals surface area (Å²) in [6, 6.07) is 0. The van der Waals surface area contributed by atoms with Crippen molar-refractivity contribution in [1.29, 1.82) is 0 Å². The van der Waals surface area contributed by atoms with E-state index in [-0.39, 0.29) is 5.92 Å². The number of alkyl halides is 1. The fraction of sp³-hybridized carbons (Fsp3) is 0.818. The molecule has 0 saturated heterocycles. The van der Waals surface area contributed by atoms with E-state index in [0.29, 0.717) is 0 Å². The molecule has 0 nitrogen and oxygen atoms in total. The SMILES string of the molecule is CCCCC(C)C(F)C=C(C)C.